The number of hydrogen-bond donors (Lipinski definition) is 0. The van der Waals surface area contributed by atoms with Gasteiger partial charge in [-0.2, -0.15) is 4.98 Å². The van der Waals surface area contributed by atoms with Crippen LogP contribution in [0.2, 0.25) is 5.28 Å². The highest BCUT2D eigenvalue weighted by Crippen LogP contribution is 2.27. The Morgan fingerprint density at radius 2 is 1.88 bits per heavy atom. The summed E-state index contributed by atoms with van der Waals surface area (Å²) in [6.45, 7) is 6.17. The van der Waals surface area contributed by atoms with Gasteiger partial charge in [0.05, 0.1) is 30.6 Å². The second kappa shape index (κ2) is 8.51. The maximum atomic E-state index is 13.6. The molecule has 4 rings (SSSR count). The second-order valence-electron chi connectivity index (χ2n) is 8.74. The summed E-state index contributed by atoms with van der Waals surface area (Å²) in [4.78, 5) is 47.7. The maximum absolute atomic E-state index is 13.6. The molecule has 2 aromatic heterocycles. The van der Waals surface area contributed by atoms with Crippen LogP contribution in [0.4, 0.5) is 4.79 Å². The van der Waals surface area contributed by atoms with E-state index in [2.05, 4.69) is 9.97 Å². The van der Waals surface area contributed by atoms with Crippen molar-refractivity contribution in [3.8, 4) is 5.69 Å². The van der Waals surface area contributed by atoms with Gasteiger partial charge in [-0.25, -0.2) is 19.4 Å². The molecule has 0 saturated carbocycles. The molecule has 0 bridgehead atoms. The van der Waals surface area contributed by atoms with Crippen LogP contribution in [-0.2, 0) is 9.47 Å². The first-order valence-corrected chi connectivity index (χ1v) is 10.8. The van der Waals surface area contributed by atoms with Gasteiger partial charge in [0, 0.05) is 13.1 Å². The van der Waals surface area contributed by atoms with Gasteiger partial charge in [-0.15, -0.1) is 0 Å². The Balaban J connectivity index is 1.74. The highest BCUT2D eigenvalue weighted by Gasteiger charge is 2.33. The molecule has 3 aromatic rings. The number of nitrogens with zero attached hydrogens (tertiary/aromatic N) is 5. The Morgan fingerprint density at radius 3 is 2.52 bits per heavy atom. The van der Waals surface area contributed by atoms with E-state index in [4.69, 9.17) is 21.1 Å². The molecule has 1 atom stereocenters. The lowest BCUT2D eigenvalue weighted by Crippen LogP contribution is -2.36. The van der Waals surface area contributed by atoms with E-state index in [1.807, 2.05) is 0 Å². The molecule has 11 heteroatoms. The average molecular weight is 474 g/mol. The van der Waals surface area contributed by atoms with Gasteiger partial charge < -0.3 is 14.4 Å². The SMILES string of the molecule is COC(=O)c1ccc(-n2c(=O)n([C@H]3CCN(C(=O)OC(C)(C)C)C3)c3nc(Cl)ncc32)cc1. The lowest BCUT2D eigenvalue weighted by atomic mass is 10.2. The number of imidazole rings is 1. The fraction of sp³-hybridized carbons (Fsp3) is 0.409. The maximum Gasteiger partial charge on any atom is 0.410 e. The van der Waals surface area contributed by atoms with Gasteiger partial charge in [-0.3, -0.25) is 9.13 Å². The van der Waals surface area contributed by atoms with Crippen molar-refractivity contribution in [2.24, 2.45) is 0 Å². The van der Waals surface area contributed by atoms with Crippen LogP contribution in [0.5, 0.6) is 0 Å². The fourth-order valence-electron chi connectivity index (χ4n) is 3.87. The Labute approximate surface area is 194 Å². The number of methoxy groups -OCH3 is 1. The molecule has 0 radical (unpaired) electrons. The van der Waals surface area contributed by atoms with E-state index in [9.17, 15) is 14.4 Å². The zero-order chi connectivity index (χ0) is 23.9. The van der Waals surface area contributed by atoms with Gasteiger partial charge in [-0.1, -0.05) is 0 Å². The lowest BCUT2D eigenvalue weighted by Gasteiger charge is -2.24. The number of carbonyl (C=O) groups excluding carboxylic acids is 2. The molecule has 0 unspecified atom stereocenters. The summed E-state index contributed by atoms with van der Waals surface area (Å²) in [7, 11) is 1.30. The fourth-order valence-corrected chi connectivity index (χ4v) is 4.00. The standard InChI is InChI=1S/C22H24ClN5O5/c1-22(2,3)33-21(31)26-10-9-15(12-26)28-17-16(11-24-19(23)25-17)27(20(28)30)14-7-5-13(6-8-14)18(29)32-4/h5-8,11,15H,9-10,12H2,1-4H3/t15-/m0/s1. The largest absolute Gasteiger partial charge is 0.465 e. The van der Waals surface area contributed by atoms with Crippen LogP contribution in [0.3, 0.4) is 0 Å². The summed E-state index contributed by atoms with van der Waals surface area (Å²) in [6, 6.07) is 6.14. The third-order valence-corrected chi connectivity index (χ3v) is 5.50. The van der Waals surface area contributed by atoms with Crippen LogP contribution in [0.25, 0.3) is 16.9 Å². The van der Waals surface area contributed by atoms with Crippen LogP contribution < -0.4 is 5.69 Å². The summed E-state index contributed by atoms with van der Waals surface area (Å²) in [5, 5.41) is 0.0106. The molecule has 1 saturated heterocycles. The molecule has 0 spiro atoms. The zero-order valence-electron chi connectivity index (χ0n) is 18.7. The minimum absolute atomic E-state index is 0.0106. The summed E-state index contributed by atoms with van der Waals surface area (Å²) in [6.07, 6.45) is 1.62. The first-order valence-electron chi connectivity index (χ1n) is 10.4. The van der Waals surface area contributed by atoms with Crippen LogP contribution in [0.1, 0.15) is 43.6 Å². The molecule has 1 aromatic carbocycles. The number of carbonyl (C=O) groups is 2. The van der Waals surface area contributed by atoms with Gasteiger partial charge in [-0.05, 0) is 63.1 Å². The van der Waals surface area contributed by atoms with E-state index in [1.165, 1.54) is 17.9 Å². The number of esters is 1. The molecule has 1 fully saturated rings. The average Bonchev–Trinajstić information content (AvgIpc) is 3.34. The van der Waals surface area contributed by atoms with Crippen LogP contribution in [0, 0.1) is 0 Å². The molecule has 1 amide bonds. The number of rotatable bonds is 3. The van der Waals surface area contributed by atoms with E-state index in [0.717, 1.165) is 0 Å². The lowest BCUT2D eigenvalue weighted by molar-refractivity contribution is 0.0288. The smallest absolute Gasteiger partial charge is 0.410 e. The Kier molecular flexibility index (Phi) is 5.87. The quantitative estimate of drug-likeness (QED) is 0.424. The van der Waals surface area contributed by atoms with E-state index >= 15 is 0 Å². The summed E-state index contributed by atoms with van der Waals surface area (Å²) < 4.78 is 13.2. The number of ether oxygens (including phenoxy) is 2. The van der Waals surface area contributed by atoms with Gasteiger partial charge >= 0.3 is 17.8 Å². The molecular weight excluding hydrogens is 450 g/mol. The van der Waals surface area contributed by atoms with Crippen LogP contribution >= 0.6 is 11.6 Å². The third kappa shape index (κ3) is 4.43. The van der Waals surface area contributed by atoms with Crippen LogP contribution in [-0.4, -0.2) is 61.9 Å². The summed E-state index contributed by atoms with van der Waals surface area (Å²) in [5.74, 6) is -0.473. The number of amides is 1. The molecule has 174 valence electrons. The molecule has 0 aliphatic carbocycles. The van der Waals surface area contributed by atoms with Crippen molar-refractivity contribution < 1.29 is 19.1 Å². The molecule has 1 aliphatic rings. The summed E-state index contributed by atoms with van der Waals surface area (Å²) in [5.41, 5.74) is 0.770. The Hall–Kier alpha value is -3.40. The van der Waals surface area contributed by atoms with Crippen molar-refractivity contribution >= 4 is 34.8 Å². The van der Waals surface area contributed by atoms with Gasteiger partial charge in [0.15, 0.2) is 5.65 Å². The number of aromatic nitrogens is 4. The zero-order valence-corrected chi connectivity index (χ0v) is 19.5. The predicted octanol–water partition coefficient (Wildman–Crippen LogP) is 3.20. The third-order valence-electron chi connectivity index (χ3n) is 5.31. The Bertz CT molecular complexity index is 1280. The van der Waals surface area contributed by atoms with Crippen molar-refractivity contribution in [3.63, 3.8) is 0 Å². The van der Waals surface area contributed by atoms with Crippen molar-refractivity contribution in [2.75, 3.05) is 20.2 Å². The Morgan fingerprint density at radius 1 is 1.18 bits per heavy atom. The van der Waals surface area contributed by atoms with E-state index < -0.39 is 17.7 Å². The van der Waals surface area contributed by atoms with E-state index in [-0.39, 0.29) is 17.0 Å². The minimum Gasteiger partial charge on any atom is -0.465 e. The number of benzene rings is 1. The topological polar surface area (TPSA) is 109 Å². The highest BCUT2D eigenvalue weighted by atomic mass is 35.5. The highest BCUT2D eigenvalue weighted by molar-refractivity contribution is 6.28. The molecular formula is C22H24ClN5O5. The monoisotopic (exact) mass is 473 g/mol. The van der Waals surface area contributed by atoms with Crippen molar-refractivity contribution in [3.05, 3.63) is 51.8 Å². The molecule has 33 heavy (non-hydrogen) atoms. The predicted molar refractivity (Wildman–Crippen MR) is 121 cm³/mol. The molecule has 1 aliphatic heterocycles. The van der Waals surface area contributed by atoms with E-state index in [1.54, 1.807) is 54.5 Å². The normalized spacial score (nSPS) is 16.3. The minimum atomic E-state index is -0.612. The molecule has 3 heterocycles. The van der Waals surface area contributed by atoms with Gasteiger partial charge in [0.1, 0.15) is 11.1 Å². The van der Waals surface area contributed by atoms with Gasteiger partial charge in [0.2, 0.25) is 5.28 Å². The number of halogens is 1. The van der Waals surface area contributed by atoms with E-state index in [0.29, 0.717) is 41.9 Å². The van der Waals surface area contributed by atoms with Crippen molar-refractivity contribution in [2.45, 2.75) is 38.8 Å². The number of likely N-dealkylation sites (tertiary alicyclic amines) is 1. The van der Waals surface area contributed by atoms with Crippen molar-refractivity contribution in [1.82, 2.24) is 24.0 Å². The summed E-state index contributed by atoms with van der Waals surface area (Å²) >= 11 is 6.05. The molecule has 10 nitrogen and oxygen atoms in total. The van der Waals surface area contributed by atoms with Crippen LogP contribution in [0.15, 0.2) is 35.3 Å². The number of hydrogen-bond acceptors (Lipinski definition) is 7. The second-order valence-corrected chi connectivity index (χ2v) is 9.08. The van der Waals surface area contributed by atoms with Gasteiger partial charge in [0.25, 0.3) is 0 Å². The first kappa shape index (κ1) is 22.8. The number of fused-ring (bicyclic) bond motifs is 1. The molecule has 0 N–H and O–H groups in total. The first-order chi connectivity index (χ1) is 15.6. The van der Waals surface area contributed by atoms with Crippen molar-refractivity contribution in [1.29, 1.82) is 0 Å².